The maximum absolute atomic E-state index is 12.7. The van der Waals surface area contributed by atoms with Crippen molar-refractivity contribution in [2.75, 3.05) is 11.9 Å². The first-order chi connectivity index (χ1) is 9.54. The van der Waals surface area contributed by atoms with E-state index in [-0.39, 0.29) is 18.3 Å². The third-order valence-corrected chi connectivity index (χ3v) is 3.05. The Bertz CT molecular complexity index is 614. The fourth-order valence-electron chi connectivity index (χ4n) is 1.59. The molecule has 0 heterocycles. The summed E-state index contributed by atoms with van der Waals surface area (Å²) in [4.78, 5) is 11.7. The molecule has 5 heteroatoms. The Morgan fingerprint density at radius 1 is 1.25 bits per heavy atom. The van der Waals surface area contributed by atoms with Crippen LogP contribution in [0.4, 0.5) is 10.1 Å². The van der Waals surface area contributed by atoms with Crippen molar-refractivity contribution in [3.63, 3.8) is 0 Å². The number of nitrogens with one attached hydrogen (secondary N) is 1. The monoisotopic (exact) mass is 293 g/mol. The Morgan fingerprint density at radius 2 is 1.95 bits per heavy atom. The van der Waals surface area contributed by atoms with Gasteiger partial charge in [0.25, 0.3) is 5.91 Å². The number of amides is 1. The zero-order valence-electron chi connectivity index (χ0n) is 10.8. The van der Waals surface area contributed by atoms with Crippen molar-refractivity contribution in [2.24, 2.45) is 0 Å². The van der Waals surface area contributed by atoms with Crippen LogP contribution < -0.4 is 10.1 Å². The molecule has 3 nitrogen and oxygen atoms in total. The van der Waals surface area contributed by atoms with E-state index in [1.807, 2.05) is 6.92 Å². The van der Waals surface area contributed by atoms with E-state index in [2.05, 4.69) is 5.32 Å². The van der Waals surface area contributed by atoms with Crippen molar-refractivity contribution in [1.29, 1.82) is 0 Å². The lowest BCUT2D eigenvalue weighted by Crippen LogP contribution is -2.20. The summed E-state index contributed by atoms with van der Waals surface area (Å²) in [5.41, 5.74) is 1.40. The summed E-state index contributed by atoms with van der Waals surface area (Å²) in [7, 11) is 0. The number of ether oxygens (including phenoxy) is 1. The summed E-state index contributed by atoms with van der Waals surface area (Å²) < 4.78 is 18.1. The highest BCUT2D eigenvalue weighted by atomic mass is 35.5. The van der Waals surface area contributed by atoms with Crippen LogP contribution in [-0.2, 0) is 4.79 Å². The lowest BCUT2D eigenvalue weighted by atomic mass is 10.2. The van der Waals surface area contributed by atoms with Gasteiger partial charge in [0.1, 0.15) is 11.6 Å². The first-order valence-electron chi connectivity index (χ1n) is 5.99. The first kappa shape index (κ1) is 14.3. The lowest BCUT2D eigenvalue weighted by Gasteiger charge is -2.08. The van der Waals surface area contributed by atoms with Crippen LogP contribution in [0.5, 0.6) is 5.75 Å². The molecule has 104 valence electrons. The normalized spacial score (nSPS) is 10.2. The van der Waals surface area contributed by atoms with E-state index in [1.54, 1.807) is 18.2 Å². The summed E-state index contributed by atoms with van der Waals surface area (Å²) >= 11 is 5.90. The lowest BCUT2D eigenvalue weighted by molar-refractivity contribution is -0.118. The van der Waals surface area contributed by atoms with Gasteiger partial charge in [0.15, 0.2) is 6.61 Å². The van der Waals surface area contributed by atoms with Gasteiger partial charge in [0, 0.05) is 10.7 Å². The first-order valence-corrected chi connectivity index (χ1v) is 6.37. The Hall–Kier alpha value is -2.07. The molecule has 0 bridgehead atoms. The summed E-state index contributed by atoms with van der Waals surface area (Å²) in [5.74, 6) is -0.0961. The molecule has 1 N–H and O–H groups in total. The van der Waals surface area contributed by atoms with Crippen LogP contribution in [0, 0.1) is 12.7 Å². The molecule has 0 atom stereocenters. The molecule has 0 aliphatic carbocycles. The highest BCUT2D eigenvalue weighted by Gasteiger charge is 2.05. The molecule has 0 fully saturated rings. The number of hydrogen-bond acceptors (Lipinski definition) is 2. The Balaban J connectivity index is 1.88. The highest BCUT2D eigenvalue weighted by molar-refractivity contribution is 6.31. The predicted octanol–water partition coefficient (Wildman–Crippen LogP) is 3.81. The topological polar surface area (TPSA) is 38.3 Å². The second-order valence-corrected chi connectivity index (χ2v) is 4.66. The second kappa shape index (κ2) is 6.39. The maximum atomic E-state index is 12.7. The van der Waals surface area contributed by atoms with E-state index in [1.165, 1.54) is 24.3 Å². The van der Waals surface area contributed by atoms with Crippen molar-refractivity contribution >= 4 is 23.2 Å². The zero-order valence-corrected chi connectivity index (χ0v) is 11.6. The van der Waals surface area contributed by atoms with Crippen LogP contribution in [0.3, 0.4) is 0 Å². The molecule has 2 aromatic rings. The molecule has 20 heavy (non-hydrogen) atoms. The maximum Gasteiger partial charge on any atom is 0.262 e. The van der Waals surface area contributed by atoms with Crippen molar-refractivity contribution in [2.45, 2.75) is 6.92 Å². The van der Waals surface area contributed by atoms with E-state index in [4.69, 9.17) is 16.3 Å². The molecule has 0 saturated heterocycles. The van der Waals surface area contributed by atoms with Crippen LogP contribution in [-0.4, -0.2) is 12.5 Å². The van der Waals surface area contributed by atoms with Gasteiger partial charge in [-0.1, -0.05) is 11.6 Å². The van der Waals surface area contributed by atoms with Crippen molar-refractivity contribution < 1.29 is 13.9 Å². The van der Waals surface area contributed by atoms with Crippen LogP contribution >= 0.6 is 11.6 Å². The van der Waals surface area contributed by atoms with Crippen molar-refractivity contribution in [3.05, 3.63) is 58.9 Å². The number of rotatable bonds is 4. The van der Waals surface area contributed by atoms with Crippen LogP contribution in [0.25, 0.3) is 0 Å². The number of carbonyl (C=O) groups excluding carboxylic acids is 1. The van der Waals surface area contributed by atoms with Gasteiger partial charge in [-0.3, -0.25) is 4.79 Å². The average Bonchev–Trinajstić information content (AvgIpc) is 2.43. The fraction of sp³-hybridized carbons (Fsp3) is 0.133. The molecular weight excluding hydrogens is 281 g/mol. The van der Waals surface area contributed by atoms with Crippen molar-refractivity contribution in [3.8, 4) is 5.75 Å². The standard InChI is InChI=1S/C15H13ClFNO2/c1-10-8-13(6-7-14(10)16)20-9-15(19)18-12-4-2-11(17)3-5-12/h2-8H,9H2,1H3,(H,18,19). The minimum absolute atomic E-state index is 0.127. The van der Waals surface area contributed by atoms with Crippen molar-refractivity contribution in [1.82, 2.24) is 0 Å². The Kier molecular flexibility index (Phi) is 4.58. The van der Waals surface area contributed by atoms with Gasteiger partial charge in [-0.25, -0.2) is 4.39 Å². The highest BCUT2D eigenvalue weighted by Crippen LogP contribution is 2.21. The second-order valence-electron chi connectivity index (χ2n) is 4.25. The SMILES string of the molecule is Cc1cc(OCC(=O)Nc2ccc(F)cc2)ccc1Cl. The largest absolute Gasteiger partial charge is 0.484 e. The quantitative estimate of drug-likeness (QED) is 0.931. The third kappa shape index (κ3) is 3.96. The number of anilines is 1. The summed E-state index contributed by atoms with van der Waals surface area (Å²) in [6.07, 6.45) is 0. The molecule has 2 rings (SSSR count). The molecule has 0 spiro atoms. The molecule has 0 aliphatic rings. The molecule has 0 unspecified atom stereocenters. The Morgan fingerprint density at radius 3 is 2.60 bits per heavy atom. The minimum Gasteiger partial charge on any atom is -0.484 e. The van der Waals surface area contributed by atoms with E-state index >= 15 is 0 Å². The van der Waals surface area contributed by atoms with Crippen LogP contribution in [0.1, 0.15) is 5.56 Å². The van der Waals surface area contributed by atoms with E-state index in [0.29, 0.717) is 16.5 Å². The predicted molar refractivity (Wildman–Crippen MR) is 76.7 cm³/mol. The summed E-state index contributed by atoms with van der Waals surface area (Å²) in [5, 5.41) is 3.26. The number of halogens is 2. The molecule has 1 amide bonds. The van der Waals surface area contributed by atoms with E-state index in [9.17, 15) is 9.18 Å². The van der Waals surface area contributed by atoms with Gasteiger partial charge in [0.05, 0.1) is 0 Å². The number of carbonyl (C=O) groups is 1. The summed E-state index contributed by atoms with van der Waals surface area (Å²) in [6, 6.07) is 10.7. The molecule has 0 aromatic heterocycles. The smallest absolute Gasteiger partial charge is 0.262 e. The minimum atomic E-state index is -0.351. The zero-order chi connectivity index (χ0) is 14.5. The molecule has 0 radical (unpaired) electrons. The number of aryl methyl sites for hydroxylation is 1. The van der Waals surface area contributed by atoms with Gasteiger partial charge in [-0.05, 0) is 55.0 Å². The molecular formula is C15H13ClFNO2. The Labute approximate surface area is 121 Å². The van der Waals surface area contributed by atoms with E-state index in [0.717, 1.165) is 5.56 Å². The molecule has 0 saturated carbocycles. The van der Waals surface area contributed by atoms with Gasteiger partial charge in [-0.15, -0.1) is 0 Å². The van der Waals surface area contributed by atoms with Crippen LogP contribution in [0.2, 0.25) is 5.02 Å². The number of benzene rings is 2. The van der Waals surface area contributed by atoms with Gasteiger partial charge >= 0.3 is 0 Å². The molecule has 2 aromatic carbocycles. The molecule has 0 aliphatic heterocycles. The van der Waals surface area contributed by atoms with Gasteiger partial charge in [0.2, 0.25) is 0 Å². The van der Waals surface area contributed by atoms with Crippen LogP contribution in [0.15, 0.2) is 42.5 Å². The fourth-order valence-corrected chi connectivity index (χ4v) is 1.70. The van der Waals surface area contributed by atoms with Gasteiger partial charge in [-0.2, -0.15) is 0 Å². The summed E-state index contributed by atoms with van der Waals surface area (Å²) in [6.45, 7) is 1.73. The number of hydrogen-bond donors (Lipinski definition) is 1. The third-order valence-electron chi connectivity index (χ3n) is 2.63. The van der Waals surface area contributed by atoms with Gasteiger partial charge < -0.3 is 10.1 Å². The average molecular weight is 294 g/mol. The van der Waals surface area contributed by atoms with E-state index < -0.39 is 0 Å².